The van der Waals surface area contributed by atoms with Gasteiger partial charge in [0.15, 0.2) is 0 Å². The van der Waals surface area contributed by atoms with Crippen molar-refractivity contribution in [1.82, 2.24) is 5.32 Å². The molecule has 0 heterocycles. The van der Waals surface area contributed by atoms with Crippen LogP contribution in [0.3, 0.4) is 0 Å². The normalized spacial score (nSPS) is 23.8. The third kappa shape index (κ3) is 4.96. The van der Waals surface area contributed by atoms with Crippen LogP contribution in [-0.2, 0) is 20.9 Å². The van der Waals surface area contributed by atoms with Gasteiger partial charge in [-0.15, -0.1) is 0 Å². The van der Waals surface area contributed by atoms with Crippen molar-refractivity contribution < 1.29 is 24.2 Å². The first-order valence-corrected chi connectivity index (χ1v) is 7.93. The minimum Gasteiger partial charge on any atom is -0.466 e. The van der Waals surface area contributed by atoms with E-state index < -0.39 is 30.1 Å². The average molecular weight is 321 g/mol. The zero-order valence-electron chi connectivity index (χ0n) is 13.2. The van der Waals surface area contributed by atoms with E-state index in [0.29, 0.717) is 12.8 Å². The quantitative estimate of drug-likeness (QED) is 0.810. The van der Waals surface area contributed by atoms with Crippen LogP contribution in [-0.4, -0.2) is 35.9 Å². The van der Waals surface area contributed by atoms with Gasteiger partial charge in [-0.2, -0.15) is 0 Å². The van der Waals surface area contributed by atoms with E-state index in [4.69, 9.17) is 9.47 Å². The molecule has 3 atom stereocenters. The van der Waals surface area contributed by atoms with Crippen molar-refractivity contribution in [2.75, 3.05) is 6.61 Å². The summed E-state index contributed by atoms with van der Waals surface area (Å²) in [5, 5.41) is 12.9. The fourth-order valence-corrected chi connectivity index (χ4v) is 2.76. The molecule has 1 fully saturated rings. The van der Waals surface area contributed by atoms with Gasteiger partial charge in [0, 0.05) is 0 Å². The molecule has 2 rings (SSSR count). The summed E-state index contributed by atoms with van der Waals surface area (Å²) in [6.45, 7) is 2.17. The fourth-order valence-electron chi connectivity index (χ4n) is 2.76. The van der Waals surface area contributed by atoms with E-state index in [0.717, 1.165) is 12.0 Å². The van der Waals surface area contributed by atoms with Crippen molar-refractivity contribution in [3.8, 4) is 0 Å². The summed E-state index contributed by atoms with van der Waals surface area (Å²) in [5.74, 6) is -1.01. The van der Waals surface area contributed by atoms with Crippen molar-refractivity contribution in [3.63, 3.8) is 0 Å². The Morgan fingerprint density at radius 3 is 2.65 bits per heavy atom. The summed E-state index contributed by atoms with van der Waals surface area (Å²) in [6, 6.07) is 8.84. The number of carbonyl (C=O) groups is 2. The molecule has 6 nitrogen and oxygen atoms in total. The number of benzene rings is 1. The molecule has 0 spiro atoms. The van der Waals surface area contributed by atoms with Gasteiger partial charge in [-0.25, -0.2) is 4.79 Å². The molecule has 2 N–H and O–H groups in total. The van der Waals surface area contributed by atoms with Gasteiger partial charge in [-0.05, 0) is 25.3 Å². The number of alkyl carbamates (subject to hydrolysis) is 1. The molecule has 1 saturated carbocycles. The van der Waals surface area contributed by atoms with E-state index in [9.17, 15) is 14.7 Å². The lowest BCUT2D eigenvalue weighted by Gasteiger charge is -2.33. The standard InChI is InChI=1S/C17H23NO5/c1-2-22-16(20)13-9-6-10-14(15(13)19)18-17(21)23-11-12-7-4-3-5-8-12/h3-5,7-8,13-15,19H,2,6,9-11H2,1H3,(H,18,21)/t13-,14-,15-/m1/s1. The van der Waals surface area contributed by atoms with Crippen LogP contribution in [0.4, 0.5) is 4.79 Å². The predicted molar refractivity (Wildman–Crippen MR) is 83.5 cm³/mol. The Morgan fingerprint density at radius 2 is 1.96 bits per heavy atom. The average Bonchev–Trinajstić information content (AvgIpc) is 2.56. The zero-order valence-corrected chi connectivity index (χ0v) is 13.2. The van der Waals surface area contributed by atoms with E-state index >= 15 is 0 Å². The summed E-state index contributed by atoms with van der Waals surface area (Å²) in [7, 11) is 0. The summed E-state index contributed by atoms with van der Waals surface area (Å²) < 4.78 is 10.1. The highest BCUT2D eigenvalue weighted by Crippen LogP contribution is 2.26. The summed E-state index contributed by atoms with van der Waals surface area (Å²) in [6.07, 6.45) is 0.369. The van der Waals surface area contributed by atoms with Gasteiger partial charge in [0.2, 0.25) is 0 Å². The number of ether oxygens (including phenoxy) is 2. The molecule has 23 heavy (non-hydrogen) atoms. The SMILES string of the molecule is CCOC(=O)[C@@H]1CCC[C@@H](NC(=O)OCc2ccccc2)[C@@H]1O. The molecule has 0 radical (unpaired) electrons. The second kappa shape index (κ2) is 8.53. The molecule has 0 bridgehead atoms. The predicted octanol–water partition coefficient (Wildman–Crippen LogP) is 2.01. The molecule has 1 aliphatic carbocycles. The van der Waals surface area contributed by atoms with E-state index in [1.165, 1.54) is 0 Å². The maximum Gasteiger partial charge on any atom is 0.407 e. The van der Waals surface area contributed by atoms with Crippen molar-refractivity contribution in [3.05, 3.63) is 35.9 Å². The number of hydrogen-bond donors (Lipinski definition) is 2. The second-order valence-electron chi connectivity index (χ2n) is 5.59. The summed E-state index contributed by atoms with van der Waals surface area (Å²) in [4.78, 5) is 23.7. The lowest BCUT2D eigenvalue weighted by Crippen LogP contribution is -2.51. The third-order valence-electron chi connectivity index (χ3n) is 3.96. The number of esters is 1. The molecule has 0 saturated heterocycles. The Kier molecular flexibility index (Phi) is 6.40. The van der Waals surface area contributed by atoms with Crippen LogP contribution in [0.25, 0.3) is 0 Å². The van der Waals surface area contributed by atoms with E-state index in [2.05, 4.69) is 5.32 Å². The van der Waals surface area contributed by atoms with E-state index in [1.807, 2.05) is 30.3 Å². The summed E-state index contributed by atoms with van der Waals surface area (Å²) in [5.41, 5.74) is 0.885. The minimum atomic E-state index is -0.952. The zero-order chi connectivity index (χ0) is 16.7. The number of rotatable bonds is 5. The van der Waals surface area contributed by atoms with Gasteiger partial charge in [0.05, 0.1) is 24.7 Å². The molecule has 1 aliphatic rings. The van der Waals surface area contributed by atoms with Gasteiger partial charge in [0.25, 0.3) is 0 Å². The molecule has 1 aromatic carbocycles. The van der Waals surface area contributed by atoms with Gasteiger partial charge in [0.1, 0.15) is 6.61 Å². The van der Waals surface area contributed by atoms with Gasteiger partial charge >= 0.3 is 12.1 Å². The summed E-state index contributed by atoms with van der Waals surface area (Å²) >= 11 is 0. The minimum absolute atomic E-state index is 0.163. The van der Waals surface area contributed by atoms with Crippen molar-refractivity contribution in [1.29, 1.82) is 0 Å². The Bertz CT molecular complexity index is 519. The van der Waals surface area contributed by atoms with Crippen LogP contribution in [0.15, 0.2) is 30.3 Å². The van der Waals surface area contributed by atoms with E-state index in [1.54, 1.807) is 6.92 Å². The number of hydrogen-bond acceptors (Lipinski definition) is 5. The lowest BCUT2D eigenvalue weighted by molar-refractivity contribution is -0.154. The van der Waals surface area contributed by atoms with Crippen LogP contribution < -0.4 is 5.32 Å². The second-order valence-corrected chi connectivity index (χ2v) is 5.59. The van der Waals surface area contributed by atoms with Crippen LogP contribution in [0.1, 0.15) is 31.7 Å². The fraction of sp³-hybridized carbons (Fsp3) is 0.529. The molecule has 0 unspecified atom stereocenters. The molecular formula is C17H23NO5. The van der Waals surface area contributed by atoms with Crippen molar-refractivity contribution in [2.45, 2.75) is 44.9 Å². The maximum atomic E-state index is 11.9. The Balaban J connectivity index is 1.83. The van der Waals surface area contributed by atoms with Crippen LogP contribution in [0.5, 0.6) is 0 Å². The molecule has 1 amide bonds. The Labute approximate surface area is 135 Å². The van der Waals surface area contributed by atoms with Gasteiger partial charge in [-0.3, -0.25) is 4.79 Å². The van der Waals surface area contributed by atoms with Gasteiger partial charge in [-0.1, -0.05) is 36.8 Å². The smallest absolute Gasteiger partial charge is 0.407 e. The van der Waals surface area contributed by atoms with Crippen LogP contribution in [0, 0.1) is 5.92 Å². The molecule has 0 aromatic heterocycles. The lowest BCUT2D eigenvalue weighted by atomic mass is 9.83. The first-order chi connectivity index (χ1) is 11.1. The largest absolute Gasteiger partial charge is 0.466 e. The Hall–Kier alpha value is -2.08. The molecule has 126 valence electrons. The molecule has 6 heteroatoms. The van der Waals surface area contributed by atoms with Crippen LogP contribution in [0.2, 0.25) is 0 Å². The third-order valence-corrected chi connectivity index (χ3v) is 3.96. The molecular weight excluding hydrogens is 298 g/mol. The highest BCUT2D eigenvalue weighted by Gasteiger charge is 2.38. The number of carbonyl (C=O) groups excluding carboxylic acids is 2. The van der Waals surface area contributed by atoms with E-state index in [-0.39, 0.29) is 13.2 Å². The molecule has 1 aromatic rings. The van der Waals surface area contributed by atoms with Crippen molar-refractivity contribution >= 4 is 12.1 Å². The number of aliphatic hydroxyl groups is 1. The highest BCUT2D eigenvalue weighted by molar-refractivity contribution is 5.74. The van der Waals surface area contributed by atoms with Crippen molar-refractivity contribution in [2.24, 2.45) is 5.92 Å². The molecule has 0 aliphatic heterocycles. The number of aliphatic hydroxyl groups excluding tert-OH is 1. The maximum absolute atomic E-state index is 11.9. The topological polar surface area (TPSA) is 84.9 Å². The monoisotopic (exact) mass is 321 g/mol. The number of amides is 1. The first-order valence-electron chi connectivity index (χ1n) is 7.93. The van der Waals surface area contributed by atoms with Gasteiger partial charge < -0.3 is 19.9 Å². The number of nitrogens with one attached hydrogen (secondary N) is 1. The first kappa shape index (κ1) is 17.3. The highest BCUT2D eigenvalue weighted by atomic mass is 16.5. The Morgan fingerprint density at radius 1 is 1.22 bits per heavy atom. The van der Waals surface area contributed by atoms with Crippen LogP contribution >= 0.6 is 0 Å².